The van der Waals surface area contributed by atoms with E-state index in [0.717, 1.165) is 16.5 Å². The average molecular weight is 300 g/mol. The molecule has 0 unspecified atom stereocenters. The summed E-state index contributed by atoms with van der Waals surface area (Å²) in [5.41, 5.74) is 2.41. The number of thioether (sulfide) groups is 1. The Bertz CT molecular complexity index is 720. The normalized spacial score (nSPS) is 10.6. The fourth-order valence-electron chi connectivity index (χ4n) is 1.87. The van der Waals surface area contributed by atoms with Gasteiger partial charge in [-0.05, 0) is 38.5 Å². The van der Waals surface area contributed by atoms with Crippen molar-refractivity contribution in [1.82, 2.24) is 4.98 Å². The highest BCUT2D eigenvalue weighted by Gasteiger charge is 2.12. The summed E-state index contributed by atoms with van der Waals surface area (Å²) in [4.78, 5) is 16.1. The molecule has 21 heavy (non-hydrogen) atoms. The van der Waals surface area contributed by atoms with Gasteiger partial charge in [0.05, 0.1) is 22.9 Å². The molecule has 0 aliphatic heterocycles. The summed E-state index contributed by atoms with van der Waals surface area (Å²) in [6, 6.07) is 9.83. The highest BCUT2D eigenvalue weighted by Crippen LogP contribution is 2.25. The molecule has 4 nitrogen and oxygen atoms in total. The molecule has 1 heterocycles. The molecule has 0 fully saturated rings. The van der Waals surface area contributed by atoms with Crippen LogP contribution in [0.5, 0.6) is 0 Å². The third-order valence-corrected chi connectivity index (χ3v) is 3.72. The summed E-state index contributed by atoms with van der Waals surface area (Å²) >= 11 is 1.23. The van der Waals surface area contributed by atoms with E-state index in [4.69, 9.17) is 4.74 Å². The fraction of sp³-hybridized carbons (Fsp3) is 0.312. The van der Waals surface area contributed by atoms with Gasteiger partial charge in [-0.3, -0.25) is 4.79 Å². The first-order valence-electron chi connectivity index (χ1n) is 6.63. The summed E-state index contributed by atoms with van der Waals surface area (Å²) in [5, 5.41) is 10.7. The first-order chi connectivity index (χ1) is 9.99. The van der Waals surface area contributed by atoms with E-state index in [1.807, 2.05) is 25.1 Å². The van der Waals surface area contributed by atoms with Crippen molar-refractivity contribution in [3.63, 3.8) is 0 Å². The summed E-state index contributed by atoms with van der Waals surface area (Å²) in [7, 11) is 0. The number of aromatic nitrogens is 1. The second kappa shape index (κ2) is 6.59. The molecule has 1 aromatic carbocycles. The van der Waals surface area contributed by atoms with E-state index in [0.29, 0.717) is 10.6 Å². The van der Waals surface area contributed by atoms with Crippen molar-refractivity contribution in [3.05, 3.63) is 35.4 Å². The number of aryl methyl sites for hydroxylation is 1. The Balaban J connectivity index is 2.26. The van der Waals surface area contributed by atoms with Gasteiger partial charge in [-0.25, -0.2) is 4.98 Å². The molecule has 0 atom stereocenters. The van der Waals surface area contributed by atoms with Crippen LogP contribution in [0.15, 0.2) is 29.3 Å². The molecule has 108 valence electrons. The predicted octanol–water partition coefficient (Wildman–Crippen LogP) is 3.46. The number of nitriles is 1. The Morgan fingerprint density at radius 3 is 2.86 bits per heavy atom. The van der Waals surface area contributed by atoms with Gasteiger partial charge in [0.25, 0.3) is 0 Å². The van der Waals surface area contributed by atoms with Crippen molar-refractivity contribution in [2.45, 2.75) is 31.9 Å². The maximum atomic E-state index is 11.6. The summed E-state index contributed by atoms with van der Waals surface area (Å²) in [6.45, 7) is 5.60. The number of pyridine rings is 1. The van der Waals surface area contributed by atoms with Crippen molar-refractivity contribution >= 4 is 28.6 Å². The SMILES string of the molecule is Cc1ccc2cc(C#N)c(SCC(=O)OC(C)C)nc2c1. The highest BCUT2D eigenvalue weighted by molar-refractivity contribution is 7.99. The van der Waals surface area contributed by atoms with Gasteiger partial charge in [-0.2, -0.15) is 5.26 Å². The number of ether oxygens (including phenoxy) is 1. The van der Waals surface area contributed by atoms with Crippen molar-refractivity contribution in [3.8, 4) is 6.07 Å². The molecule has 2 rings (SSSR count). The average Bonchev–Trinajstić information content (AvgIpc) is 2.43. The zero-order valence-corrected chi connectivity index (χ0v) is 13.0. The summed E-state index contributed by atoms with van der Waals surface area (Å²) in [6.07, 6.45) is -0.138. The van der Waals surface area contributed by atoms with E-state index >= 15 is 0 Å². The number of hydrogen-bond donors (Lipinski definition) is 0. The molecule has 0 N–H and O–H groups in total. The molecular formula is C16H16N2O2S. The van der Waals surface area contributed by atoms with Crippen LogP contribution in [-0.2, 0) is 9.53 Å². The van der Waals surface area contributed by atoms with Gasteiger partial charge in [0.15, 0.2) is 0 Å². The molecule has 0 amide bonds. The lowest BCUT2D eigenvalue weighted by Gasteiger charge is -2.08. The largest absolute Gasteiger partial charge is 0.462 e. The van der Waals surface area contributed by atoms with Crippen LogP contribution in [0.1, 0.15) is 25.0 Å². The van der Waals surface area contributed by atoms with Crippen LogP contribution in [0.4, 0.5) is 0 Å². The van der Waals surface area contributed by atoms with Crippen molar-refractivity contribution < 1.29 is 9.53 Å². The number of esters is 1. The molecule has 0 saturated carbocycles. The zero-order chi connectivity index (χ0) is 15.4. The molecular weight excluding hydrogens is 284 g/mol. The molecule has 1 aromatic heterocycles. The predicted molar refractivity (Wildman–Crippen MR) is 83.1 cm³/mol. The third kappa shape index (κ3) is 3.96. The van der Waals surface area contributed by atoms with Crippen LogP contribution in [-0.4, -0.2) is 22.8 Å². The number of hydrogen-bond acceptors (Lipinski definition) is 5. The number of nitrogens with zero attached hydrogens (tertiary/aromatic N) is 2. The lowest BCUT2D eigenvalue weighted by atomic mass is 10.1. The van der Waals surface area contributed by atoms with Gasteiger partial charge in [0.1, 0.15) is 11.1 Å². The van der Waals surface area contributed by atoms with Gasteiger partial charge < -0.3 is 4.74 Å². The Hall–Kier alpha value is -2.06. The summed E-state index contributed by atoms with van der Waals surface area (Å²) in [5.74, 6) is -0.151. The van der Waals surface area contributed by atoms with Crippen LogP contribution in [0.25, 0.3) is 10.9 Å². The summed E-state index contributed by atoms with van der Waals surface area (Å²) < 4.78 is 5.08. The fourth-order valence-corrected chi connectivity index (χ4v) is 2.62. The van der Waals surface area contributed by atoms with Gasteiger partial charge in [0, 0.05) is 5.39 Å². The van der Waals surface area contributed by atoms with E-state index in [2.05, 4.69) is 11.1 Å². The first kappa shape index (κ1) is 15.3. The second-order valence-electron chi connectivity index (χ2n) is 4.98. The first-order valence-corrected chi connectivity index (χ1v) is 7.62. The molecule has 2 aromatic rings. The molecule has 0 spiro atoms. The van der Waals surface area contributed by atoms with Crippen molar-refractivity contribution in [2.75, 3.05) is 5.75 Å². The van der Waals surface area contributed by atoms with Crippen LogP contribution in [0.2, 0.25) is 0 Å². The quantitative estimate of drug-likeness (QED) is 0.639. The van der Waals surface area contributed by atoms with E-state index in [9.17, 15) is 10.1 Å². The number of carbonyl (C=O) groups excluding carboxylic acids is 1. The van der Waals surface area contributed by atoms with Gasteiger partial charge >= 0.3 is 5.97 Å². The van der Waals surface area contributed by atoms with Gasteiger partial charge in [0.2, 0.25) is 0 Å². The monoisotopic (exact) mass is 300 g/mol. The van der Waals surface area contributed by atoms with E-state index in [1.54, 1.807) is 19.9 Å². The Labute approximate surface area is 128 Å². The van der Waals surface area contributed by atoms with Crippen LogP contribution in [0.3, 0.4) is 0 Å². The molecule has 0 bridgehead atoms. The van der Waals surface area contributed by atoms with E-state index in [-0.39, 0.29) is 17.8 Å². The number of rotatable bonds is 4. The highest BCUT2D eigenvalue weighted by atomic mass is 32.2. The lowest BCUT2D eigenvalue weighted by Crippen LogP contribution is -2.13. The smallest absolute Gasteiger partial charge is 0.316 e. The Kier molecular flexibility index (Phi) is 4.81. The molecule has 0 aliphatic rings. The second-order valence-corrected chi connectivity index (χ2v) is 5.94. The topological polar surface area (TPSA) is 63.0 Å². The van der Waals surface area contributed by atoms with Crippen LogP contribution < -0.4 is 0 Å². The standard InChI is InChI=1S/C16H16N2O2S/c1-10(2)20-15(19)9-21-16-13(8-17)7-12-5-4-11(3)6-14(12)18-16/h4-7,10H,9H2,1-3H3. The number of carbonyl (C=O) groups is 1. The minimum atomic E-state index is -0.301. The van der Waals surface area contributed by atoms with E-state index < -0.39 is 0 Å². The molecule has 0 aliphatic carbocycles. The van der Waals surface area contributed by atoms with Crippen molar-refractivity contribution in [2.24, 2.45) is 0 Å². The van der Waals surface area contributed by atoms with Crippen LogP contribution >= 0.6 is 11.8 Å². The maximum absolute atomic E-state index is 11.6. The lowest BCUT2D eigenvalue weighted by molar-refractivity contribution is -0.144. The molecule has 5 heteroatoms. The van der Waals surface area contributed by atoms with E-state index in [1.165, 1.54) is 11.8 Å². The van der Waals surface area contributed by atoms with Crippen LogP contribution in [0, 0.1) is 18.3 Å². The molecule has 0 saturated heterocycles. The van der Waals surface area contributed by atoms with Gasteiger partial charge in [-0.15, -0.1) is 0 Å². The number of fused-ring (bicyclic) bond motifs is 1. The molecule has 0 radical (unpaired) electrons. The van der Waals surface area contributed by atoms with Gasteiger partial charge in [-0.1, -0.05) is 23.9 Å². The Morgan fingerprint density at radius 2 is 2.19 bits per heavy atom. The van der Waals surface area contributed by atoms with Crippen molar-refractivity contribution in [1.29, 1.82) is 5.26 Å². The maximum Gasteiger partial charge on any atom is 0.316 e. The Morgan fingerprint density at radius 1 is 1.43 bits per heavy atom. The number of benzene rings is 1. The minimum Gasteiger partial charge on any atom is -0.462 e. The third-order valence-electron chi connectivity index (χ3n) is 2.75. The zero-order valence-electron chi connectivity index (χ0n) is 12.2. The minimum absolute atomic E-state index is 0.138.